The monoisotopic (exact) mass is 563 g/mol. The van der Waals surface area contributed by atoms with Crippen LogP contribution in [-0.4, -0.2) is 59.4 Å². The highest BCUT2D eigenvalue weighted by Crippen LogP contribution is 2.35. The molecule has 1 fully saturated rings. The number of benzene rings is 2. The van der Waals surface area contributed by atoms with Crippen molar-refractivity contribution in [2.45, 2.75) is 59.8 Å². The highest BCUT2D eigenvalue weighted by atomic mass is 16.7. The minimum atomic E-state index is -1.44. The van der Waals surface area contributed by atoms with Gasteiger partial charge in [0.2, 0.25) is 12.1 Å². The Morgan fingerprint density at radius 1 is 0.902 bits per heavy atom. The molecular formula is C31H37N3O7. The molecule has 1 atom stereocenters. The molecule has 1 saturated heterocycles. The van der Waals surface area contributed by atoms with E-state index in [2.05, 4.69) is 41.0 Å². The summed E-state index contributed by atoms with van der Waals surface area (Å²) in [6.07, 6.45) is 0.388. The van der Waals surface area contributed by atoms with Crippen LogP contribution in [0.2, 0.25) is 0 Å². The number of aromatic nitrogens is 2. The van der Waals surface area contributed by atoms with Crippen molar-refractivity contribution in [1.82, 2.24) is 15.0 Å². The van der Waals surface area contributed by atoms with Crippen LogP contribution in [0.3, 0.4) is 0 Å². The Balaban J connectivity index is 1.36. The lowest BCUT2D eigenvalue weighted by Crippen LogP contribution is -2.50. The Morgan fingerprint density at radius 2 is 1.51 bits per heavy atom. The van der Waals surface area contributed by atoms with Crippen molar-refractivity contribution in [3.05, 3.63) is 59.7 Å². The van der Waals surface area contributed by atoms with Crippen LogP contribution in [0.1, 0.15) is 51.7 Å². The highest BCUT2D eigenvalue weighted by Gasteiger charge is 2.51. The lowest BCUT2D eigenvalue weighted by molar-refractivity contribution is -0.197. The van der Waals surface area contributed by atoms with Crippen LogP contribution in [0.15, 0.2) is 53.1 Å². The fraction of sp³-hybridized carbons (Fsp3) is 0.452. The molecule has 2 aromatic carbocycles. The first-order valence-electron chi connectivity index (χ1n) is 13.8. The van der Waals surface area contributed by atoms with Gasteiger partial charge < -0.3 is 18.7 Å². The lowest BCUT2D eigenvalue weighted by Gasteiger charge is -2.38. The maximum atomic E-state index is 12.9. The van der Waals surface area contributed by atoms with Crippen LogP contribution in [0, 0.1) is 11.3 Å². The molecule has 0 spiro atoms. The van der Waals surface area contributed by atoms with Gasteiger partial charge in [0.05, 0.1) is 7.11 Å². The minimum Gasteiger partial charge on any atom is -0.468 e. The Bertz CT molecular complexity index is 1340. The molecular weight excluding hydrogens is 526 g/mol. The molecule has 1 aliphatic heterocycles. The fourth-order valence-electron chi connectivity index (χ4n) is 5.03. The van der Waals surface area contributed by atoms with Gasteiger partial charge in [-0.15, -0.1) is 0 Å². The van der Waals surface area contributed by atoms with Crippen LogP contribution in [0.25, 0.3) is 22.8 Å². The number of hydrogen-bond donors (Lipinski definition) is 0. The summed E-state index contributed by atoms with van der Waals surface area (Å²) in [6, 6.07) is 16.1. The molecule has 4 rings (SSSR count). The summed E-state index contributed by atoms with van der Waals surface area (Å²) in [5, 5.41) is 4.16. The van der Waals surface area contributed by atoms with E-state index in [-0.39, 0.29) is 12.8 Å². The number of hydrogen-bond acceptors (Lipinski definition) is 10. The van der Waals surface area contributed by atoms with Crippen molar-refractivity contribution in [2.24, 2.45) is 11.3 Å². The van der Waals surface area contributed by atoms with Gasteiger partial charge in [0.25, 0.3) is 5.89 Å². The Kier molecular flexibility index (Phi) is 9.54. The van der Waals surface area contributed by atoms with Gasteiger partial charge in [0.15, 0.2) is 5.41 Å². The predicted molar refractivity (Wildman–Crippen MR) is 150 cm³/mol. The SMILES string of the molecule is COC(=O)C1(C(=O)OC(C)OC(C)=O)CCN(Cc2ccc(-c3noc(-c4ccc(CC(C)C)cc4)n3)cc2)CC1. The molecule has 0 radical (unpaired) electrons. The third-order valence-corrected chi connectivity index (χ3v) is 7.17. The summed E-state index contributed by atoms with van der Waals surface area (Å²) in [7, 11) is 1.25. The van der Waals surface area contributed by atoms with Crippen LogP contribution in [0.4, 0.5) is 0 Å². The second-order valence-corrected chi connectivity index (χ2v) is 10.8. The summed E-state index contributed by atoms with van der Waals surface area (Å²) >= 11 is 0. The maximum absolute atomic E-state index is 12.9. The van der Waals surface area contributed by atoms with E-state index >= 15 is 0 Å². The summed E-state index contributed by atoms with van der Waals surface area (Å²) in [4.78, 5) is 43.5. The van der Waals surface area contributed by atoms with Crippen molar-refractivity contribution < 1.29 is 33.1 Å². The normalized spacial score (nSPS) is 15.8. The van der Waals surface area contributed by atoms with Gasteiger partial charge in [-0.1, -0.05) is 55.4 Å². The molecule has 0 aliphatic carbocycles. The van der Waals surface area contributed by atoms with E-state index in [1.165, 1.54) is 26.5 Å². The van der Waals surface area contributed by atoms with Gasteiger partial charge in [-0.2, -0.15) is 4.98 Å². The van der Waals surface area contributed by atoms with Crippen molar-refractivity contribution in [3.8, 4) is 22.8 Å². The molecule has 41 heavy (non-hydrogen) atoms. The largest absolute Gasteiger partial charge is 0.468 e. The van der Waals surface area contributed by atoms with E-state index in [9.17, 15) is 14.4 Å². The van der Waals surface area contributed by atoms with Gasteiger partial charge in [-0.3, -0.25) is 19.3 Å². The molecule has 1 unspecified atom stereocenters. The van der Waals surface area contributed by atoms with Crippen LogP contribution < -0.4 is 0 Å². The molecule has 10 nitrogen and oxygen atoms in total. The quantitative estimate of drug-likeness (QED) is 0.193. The van der Waals surface area contributed by atoms with E-state index < -0.39 is 29.6 Å². The molecule has 1 aromatic heterocycles. The molecule has 0 bridgehead atoms. The second kappa shape index (κ2) is 13.1. The molecule has 0 N–H and O–H groups in total. The number of carbonyl (C=O) groups excluding carboxylic acids is 3. The van der Waals surface area contributed by atoms with E-state index in [4.69, 9.17) is 18.7 Å². The lowest BCUT2D eigenvalue weighted by atomic mass is 9.78. The Morgan fingerprint density at radius 3 is 2.10 bits per heavy atom. The zero-order valence-electron chi connectivity index (χ0n) is 24.2. The summed E-state index contributed by atoms with van der Waals surface area (Å²) in [5.74, 6) is -0.385. The molecule has 0 saturated carbocycles. The van der Waals surface area contributed by atoms with Gasteiger partial charge in [-0.25, -0.2) is 0 Å². The van der Waals surface area contributed by atoms with E-state index in [1.54, 1.807) is 0 Å². The van der Waals surface area contributed by atoms with Crippen molar-refractivity contribution in [2.75, 3.05) is 20.2 Å². The Hall–Kier alpha value is -4.05. The summed E-state index contributed by atoms with van der Waals surface area (Å²) < 4.78 is 20.6. The van der Waals surface area contributed by atoms with Gasteiger partial charge in [0, 0.05) is 44.6 Å². The third kappa shape index (κ3) is 7.38. The Labute approximate surface area is 240 Å². The number of methoxy groups -OCH3 is 1. The fourth-order valence-corrected chi connectivity index (χ4v) is 5.03. The molecule has 10 heteroatoms. The zero-order valence-corrected chi connectivity index (χ0v) is 24.2. The molecule has 1 aliphatic rings. The molecule has 2 heterocycles. The average molecular weight is 564 g/mol. The number of esters is 3. The number of piperidine rings is 1. The third-order valence-electron chi connectivity index (χ3n) is 7.17. The van der Waals surface area contributed by atoms with E-state index in [0.717, 1.165) is 23.1 Å². The number of likely N-dealkylation sites (tertiary alicyclic amines) is 1. The summed E-state index contributed by atoms with van der Waals surface area (Å²) in [5.41, 5.74) is 2.63. The van der Waals surface area contributed by atoms with Crippen LogP contribution >= 0.6 is 0 Å². The molecule has 0 amide bonds. The second-order valence-electron chi connectivity index (χ2n) is 10.8. The van der Waals surface area contributed by atoms with E-state index in [0.29, 0.717) is 37.3 Å². The standard InChI is InChI=1S/C31H37N3O7/c1-20(2)18-23-6-12-26(13-7-23)28-32-27(33-41-28)25-10-8-24(9-11-25)19-34-16-14-31(15-17-34,29(36)38-5)30(37)40-22(4)39-21(3)35/h6-13,20,22H,14-19H2,1-5H3. The first-order valence-corrected chi connectivity index (χ1v) is 13.8. The van der Waals surface area contributed by atoms with Crippen molar-refractivity contribution in [3.63, 3.8) is 0 Å². The number of carbonyl (C=O) groups is 3. The van der Waals surface area contributed by atoms with Crippen LogP contribution in [-0.2, 0) is 41.6 Å². The maximum Gasteiger partial charge on any atom is 0.326 e. The van der Waals surface area contributed by atoms with Gasteiger partial charge in [-0.05, 0) is 48.4 Å². The first kappa shape index (κ1) is 29.9. The van der Waals surface area contributed by atoms with Crippen molar-refractivity contribution >= 4 is 17.9 Å². The number of rotatable bonds is 10. The predicted octanol–water partition coefficient (Wildman–Crippen LogP) is 4.81. The number of nitrogens with zero attached hydrogens (tertiary/aromatic N) is 3. The molecule has 3 aromatic rings. The number of ether oxygens (including phenoxy) is 3. The average Bonchev–Trinajstić information content (AvgIpc) is 3.43. The van der Waals surface area contributed by atoms with Crippen molar-refractivity contribution in [1.29, 1.82) is 0 Å². The summed E-state index contributed by atoms with van der Waals surface area (Å²) in [6.45, 7) is 8.65. The zero-order chi connectivity index (χ0) is 29.6. The smallest absolute Gasteiger partial charge is 0.326 e. The minimum absolute atomic E-state index is 0.230. The van der Waals surface area contributed by atoms with E-state index in [1.807, 2.05) is 36.4 Å². The van der Waals surface area contributed by atoms with Gasteiger partial charge >= 0.3 is 17.9 Å². The van der Waals surface area contributed by atoms with Crippen LogP contribution in [0.5, 0.6) is 0 Å². The highest BCUT2D eigenvalue weighted by molar-refractivity contribution is 6.00. The van der Waals surface area contributed by atoms with Gasteiger partial charge in [0.1, 0.15) is 0 Å². The molecule has 218 valence electrons. The first-order chi connectivity index (χ1) is 19.6. The topological polar surface area (TPSA) is 121 Å².